The Balaban J connectivity index is 1.65. The zero-order valence-corrected chi connectivity index (χ0v) is 18.6. The van der Waals surface area contributed by atoms with E-state index in [1.807, 2.05) is 6.07 Å². The third-order valence-corrected chi connectivity index (χ3v) is 6.64. The molecule has 170 valence electrons. The largest absolute Gasteiger partial charge is 0.493 e. The number of aliphatic hydroxyl groups excluding tert-OH is 1. The van der Waals surface area contributed by atoms with Gasteiger partial charge in [-0.1, -0.05) is 23.7 Å². The first-order valence-corrected chi connectivity index (χ1v) is 11.3. The fourth-order valence-electron chi connectivity index (χ4n) is 4.43. The van der Waals surface area contributed by atoms with Crippen LogP contribution in [0.4, 0.5) is 5.69 Å². The van der Waals surface area contributed by atoms with Gasteiger partial charge in [-0.3, -0.25) is 0 Å². The fraction of sp³-hybridized carbons (Fsp3) is 0.400. The van der Waals surface area contributed by atoms with Gasteiger partial charge in [0.1, 0.15) is 18.1 Å². The number of fused-ring (bicyclic) bond motifs is 2. The predicted octanol–water partition coefficient (Wildman–Crippen LogP) is 4.78. The number of ether oxygens (including phenoxy) is 2. The summed E-state index contributed by atoms with van der Waals surface area (Å²) in [6.45, 7) is 5.87. The van der Waals surface area contributed by atoms with E-state index < -0.39 is 12.1 Å². The van der Waals surface area contributed by atoms with Crippen molar-refractivity contribution < 1.29 is 24.5 Å². The van der Waals surface area contributed by atoms with Crippen molar-refractivity contribution in [3.63, 3.8) is 0 Å². The van der Waals surface area contributed by atoms with Gasteiger partial charge in [0.25, 0.3) is 0 Å². The van der Waals surface area contributed by atoms with Crippen LogP contribution in [0.1, 0.15) is 35.2 Å². The number of carboxylic acid groups (broad SMARTS) is 1. The maximum Gasteiger partial charge on any atom is 0.335 e. The van der Waals surface area contributed by atoms with E-state index in [-0.39, 0.29) is 18.1 Å². The van der Waals surface area contributed by atoms with Crippen LogP contribution in [0.15, 0.2) is 49.1 Å². The van der Waals surface area contributed by atoms with E-state index in [1.165, 1.54) is 0 Å². The topological polar surface area (TPSA) is 79.2 Å². The molecule has 0 aromatic heterocycles. The molecule has 2 aromatic carbocycles. The average Bonchev–Trinajstić information content (AvgIpc) is 2.79. The highest BCUT2D eigenvalue weighted by molar-refractivity contribution is 6.30. The molecule has 0 amide bonds. The summed E-state index contributed by atoms with van der Waals surface area (Å²) in [6, 6.07) is 10.4. The smallest absolute Gasteiger partial charge is 0.335 e. The molecule has 0 unspecified atom stereocenters. The Labute approximate surface area is 193 Å². The van der Waals surface area contributed by atoms with Crippen LogP contribution in [0.3, 0.4) is 0 Å². The number of anilines is 1. The summed E-state index contributed by atoms with van der Waals surface area (Å²) >= 11 is 6.15. The van der Waals surface area contributed by atoms with E-state index >= 15 is 0 Å². The third kappa shape index (κ3) is 4.87. The van der Waals surface area contributed by atoms with Gasteiger partial charge in [-0.15, -0.1) is 6.58 Å². The molecule has 1 aliphatic carbocycles. The second-order valence-corrected chi connectivity index (χ2v) is 8.84. The van der Waals surface area contributed by atoms with Crippen molar-refractivity contribution in [2.45, 2.75) is 32.0 Å². The van der Waals surface area contributed by atoms with Gasteiger partial charge >= 0.3 is 5.97 Å². The van der Waals surface area contributed by atoms with Gasteiger partial charge in [-0.2, -0.15) is 0 Å². The molecule has 1 saturated carbocycles. The van der Waals surface area contributed by atoms with Gasteiger partial charge < -0.3 is 24.6 Å². The molecule has 3 atom stereocenters. The summed E-state index contributed by atoms with van der Waals surface area (Å²) in [6.07, 6.45) is 3.79. The maximum absolute atomic E-state index is 11.7. The van der Waals surface area contributed by atoms with Gasteiger partial charge in [0.15, 0.2) is 0 Å². The number of rotatable bonds is 5. The molecule has 4 rings (SSSR count). The zero-order chi connectivity index (χ0) is 22.7. The van der Waals surface area contributed by atoms with Crippen LogP contribution in [0.25, 0.3) is 0 Å². The molecule has 1 fully saturated rings. The summed E-state index contributed by atoms with van der Waals surface area (Å²) in [5.74, 6) is 0.807. The number of halogens is 1. The molecule has 0 spiro atoms. The number of nitrogens with zero attached hydrogens (tertiary/aromatic N) is 1. The van der Waals surface area contributed by atoms with Crippen LogP contribution >= 0.6 is 11.6 Å². The molecule has 32 heavy (non-hydrogen) atoms. The molecule has 2 N–H and O–H groups in total. The van der Waals surface area contributed by atoms with Gasteiger partial charge in [0.05, 0.1) is 24.0 Å². The van der Waals surface area contributed by atoms with Gasteiger partial charge in [-0.05, 0) is 61.4 Å². The predicted molar refractivity (Wildman–Crippen MR) is 124 cm³/mol. The first-order valence-electron chi connectivity index (χ1n) is 10.9. The first kappa shape index (κ1) is 22.5. The highest BCUT2D eigenvalue weighted by atomic mass is 35.5. The average molecular weight is 458 g/mol. The van der Waals surface area contributed by atoms with Crippen molar-refractivity contribution in [2.75, 3.05) is 24.6 Å². The molecule has 7 heteroatoms. The van der Waals surface area contributed by atoms with E-state index in [1.54, 1.807) is 36.4 Å². The summed E-state index contributed by atoms with van der Waals surface area (Å²) in [5, 5.41) is 20.4. The number of hydrogen-bond donors (Lipinski definition) is 2. The second-order valence-electron chi connectivity index (χ2n) is 8.40. The summed E-state index contributed by atoms with van der Waals surface area (Å²) in [7, 11) is 0. The van der Waals surface area contributed by atoms with Gasteiger partial charge in [-0.25, -0.2) is 4.79 Å². The molecular formula is C25H28ClNO5. The van der Waals surface area contributed by atoms with Crippen molar-refractivity contribution in [3.05, 3.63) is 65.2 Å². The molecule has 0 saturated heterocycles. The van der Waals surface area contributed by atoms with E-state index in [0.29, 0.717) is 42.1 Å². The fourth-order valence-corrected chi connectivity index (χ4v) is 4.60. The Morgan fingerprint density at radius 2 is 2.06 bits per heavy atom. The van der Waals surface area contributed by atoms with Crippen molar-refractivity contribution in [3.8, 4) is 11.5 Å². The van der Waals surface area contributed by atoms with Crippen LogP contribution in [-0.2, 0) is 6.61 Å². The van der Waals surface area contributed by atoms with Gasteiger partial charge in [0.2, 0.25) is 0 Å². The monoisotopic (exact) mass is 457 g/mol. The van der Waals surface area contributed by atoms with Crippen LogP contribution in [0, 0.1) is 11.8 Å². The molecule has 0 radical (unpaired) electrons. The lowest BCUT2D eigenvalue weighted by Crippen LogP contribution is -2.43. The van der Waals surface area contributed by atoms with Crippen molar-refractivity contribution in [1.82, 2.24) is 0 Å². The highest BCUT2D eigenvalue weighted by Gasteiger charge is 2.36. The Morgan fingerprint density at radius 3 is 2.78 bits per heavy atom. The minimum atomic E-state index is -0.978. The summed E-state index contributed by atoms with van der Waals surface area (Å²) in [5.41, 5.74) is 1.84. The van der Waals surface area contributed by atoms with E-state index in [4.69, 9.17) is 21.1 Å². The van der Waals surface area contributed by atoms with Crippen LogP contribution in [-0.4, -0.2) is 42.0 Å². The minimum absolute atomic E-state index is 0.167. The standard InChI is InChI=1S/C25H28ClNO5/c1-2-22(28)20-8-5-17(20)14-27-10-3-11-31-24-13-19(26)7-4-18(24)15-32-23-9-6-16(25(29)30)12-21(23)27/h2,4,6-7,9,12-13,17,20,22,28H,1,3,5,8,10-11,14-15H2,(H,29,30)/t17-,20+,22-/m0/s1. The Morgan fingerprint density at radius 1 is 1.22 bits per heavy atom. The number of hydrogen-bond acceptors (Lipinski definition) is 5. The zero-order valence-electron chi connectivity index (χ0n) is 17.9. The first-order chi connectivity index (χ1) is 15.5. The Hall–Kier alpha value is -2.70. The van der Waals surface area contributed by atoms with E-state index in [2.05, 4.69) is 11.5 Å². The quantitative estimate of drug-likeness (QED) is 0.629. The lowest BCUT2D eigenvalue weighted by atomic mass is 9.70. The normalized spacial score (nSPS) is 21.5. The van der Waals surface area contributed by atoms with E-state index in [0.717, 1.165) is 30.5 Å². The molecule has 2 aromatic rings. The molecule has 1 heterocycles. The third-order valence-electron chi connectivity index (χ3n) is 6.40. The summed E-state index contributed by atoms with van der Waals surface area (Å²) < 4.78 is 12.1. The highest BCUT2D eigenvalue weighted by Crippen LogP contribution is 2.40. The van der Waals surface area contributed by atoms with Crippen molar-refractivity contribution in [2.24, 2.45) is 11.8 Å². The molecule has 0 bridgehead atoms. The van der Waals surface area contributed by atoms with Crippen LogP contribution < -0.4 is 14.4 Å². The number of aromatic carboxylic acids is 1. The SMILES string of the molecule is C=C[C@H](O)[C@@H]1CC[C@H]1CN1CCCOc2cc(Cl)ccc2COc2ccc(C(=O)O)cc21. The van der Waals surface area contributed by atoms with Crippen molar-refractivity contribution in [1.29, 1.82) is 0 Å². The van der Waals surface area contributed by atoms with Gasteiger partial charge in [0, 0.05) is 23.7 Å². The molecule has 2 aliphatic rings. The number of carboxylic acids is 1. The Kier molecular flexibility index (Phi) is 6.92. The number of carbonyl (C=O) groups is 1. The molecule has 1 aliphatic heterocycles. The minimum Gasteiger partial charge on any atom is -0.493 e. The lowest BCUT2D eigenvalue weighted by molar-refractivity contribution is 0.0464. The van der Waals surface area contributed by atoms with Crippen LogP contribution in [0.5, 0.6) is 11.5 Å². The maximum atomic E-state index is 11.7. The van der Waals surface area contributed by atoms with Crippen LogP contribution in [0.2, 0.25) is 5.02 Å². The number of benzene rings is 2. The Bertz CT molecular complexity index is 994. The molecule has 6 nitrogen and oxygen atoms in total. The second kappa shape index (κ2) is 9.84. The molecular weight excluding hydrogens is 430 g/mol. The summed E-state index contributed by atoms with van der Waals surface area (Å²) in [4.78, 5) is 13.8. The lowest BCUT2D eigenvalue weighted by Gasteiger charge is -2.42. The van der Waals surface area contributed by atoms with Crippen molar-refractivity contribution >= 4 is 23.3 Å². The number of aliphatic hydroxyl groups is 1. The van der Waals surface area contributed by atoms with E-state index in [9.17, 15) is 15.0 Å².